The third-order valence-corrected chi connectivity index (χ3v) is 5.71. The Morgan fingerprint density at radius 1 is 1.37 bits per heavy atom. The van der Waals surface area contributed by atoms with Crippen molar-refractivity contribution in [3.8, 4) is 5.75 Å². The highest BCUT2D eigenvalue weighted by Gasteiger charge is 2.37. The number of anilines is 1. The highest BCUT2D eigenvalue weighted by molar-refractivity contribution is 7.16. The molecule has 1 aromatic heterocycles. The van der Waals surface area contributed by atoms with Gasteiger partial charge in [-0.15, -0.1) is 17.9 Å². The van der Waals surface area contributed by atoms with Gasteiger partial charge in [0.2, 0.25) is 11.8 Å². The van der Waals surface area contributed by atoms with E-state index in [1.54, 1.807) is 23.0 Å². The largest absolute Gasteiger partial charge is 0.497 e. The minimum absolute atomic E-state index is 0.0382. The zero-order valence-corrected chi connectivity index (χ0v) is 16.6. The molecule has 27 heavy (non-hydrogen) atoms. The van der Waals surface area contributed by atoms with Crippen LogP contribution in [0.15, 0.2) is 49.1 Å². The number of methoxy groups -OCH3 is 1. The molecule has 0 bridgehead atoms. The van der Waals surface area contributed by atoms with Crippen LogP contribution in [0.2, 0.25) is 4.34 Å². The number of rotatable bonds is 7. The Kier molecular flexibility index (Phi) is 6.19. The smallest absolute Gasteiger partial charge is 0.228 e. The van der Waals surface area contributed by atoms with E-state index in [0.29, 0.717) is 24.0 Å². The molecule has 1 atom stereocenters. The zero-order chi connectivity index (χ0) is 19.4. The summed E-state index contributed by atoms with van der Waals surface area (Å²) in [7, 11) is 1.60. The van der Waals surface area contributed by atoms with Crippen LogP contribution in [-0.2, 0) is 16.1 Å². The first-order chi connectivity index (χ1) is 13.0. The van der Waals surface area contributed by atoms with Crippen molar-refractivity contribution in [1.29, 1.82) is 0 Å². The summed E-state index contributed by atoms with van der Waals surface area (Å²) in [5.74, 6) is 0.278. The Morgan fingerprint density at radius 3 is 2.70 bits per heavy atom. The van der Waals surface area contributed by atoms with E-state index >= 15 is 0 Å². The quantitative estimate of drug-likeness (QED) is 0.656. The van der Waals surface area contributed by atoms with Crippen molar-refractivity contribution >= 4 is 40.4 Å². The lowest BCUT2D eigenvalue weighted by molar-refractivity contribution is -0.135. The number of amides is 2. The topological polar surface area (TPSA) is 49.9 Å². The lowest BCUT2D eigenvalue weighted by Gasteiger charge is -2.24. The van der Waals surface area contributed by atoms with Crippen LogP contribution < -0.4 is 9.64 Å². The van der Waals surface area contributed by atoms with Crippen LogP contribution in [0.4, 0.5) is 5.69 Å². The summed E-state index contributed by atoms with van der Waals surface area (Å²) in [6.07, 6.45) is 1.91. The zero-order valence-electron chi connectivity index (χ0n) is 15.1. The van der Waals surface area contributed by atoms with Crippen molar-refractivity contribution in [2.24, 2.45) is 5.92 Å². The van der Waals surface area contributed by atoms with Crippen molar-refractivity contribution in [3.63, 3.8) is 0 Å². The molecule has 5 nitrogen and oxygen atoms in total. The third kappa shape index (κ3) is 4.51. The van der Waals surface area contributed by atoms with Crippen LogP contribution >= 0.6 is 22.9 Å². The molecule has 1 unspecified atom stereocenters. The fraction of sp³-hybridized carbons (Fsp3) is 0.300. The normalized spacial score (nSPS) is 16.4. The number of hydrogen-bond acceptors (Lipinski definition) is 4. The molecule has 0 N–H and O–H groups in total. The number of thiophene rings is 1. The molecule has 0 spiro atoms. The number of carbonyl (C=O) groups is 2. The van der Waals surface area contributed by atoms with E-state index in [1.165, 1.54) is 11.3 Å². The van der Waals surface area contributed by atoms with Crippen LogP contribution in [-0.4, -0.2) is 36.9 Å². The van der Waals surface area contributed by atoms with E-state index < -0.39 is 0 Å². The average Bonchev–Trinajstić information content (AvgIpc) is 3.26. The molecule has 2 aromatic rings. The van der Waals surface area contributed by atoms with Gasteiger partial charge in [0.05, 0.1) is 23.9 Å². The molecule has 3 rings (SSSR count). The van der Waals surface area contributed by atoms with Crippen molar-refractivity contribution in [2.45, 2.75) is 13.0 Å². The van der Waals surface area contributed by atoms with E-state index in [1.807, 2.05) is 36.4 Å². The van der Waals surface area contributed by atoms with E-state index in [4.69, 9.17) is 16.3 Å². The van der Waals surface area contributed by atoms with Gasteiger partial charge in [0.1, 0.15) is 5.75 Å². The summed E-state index contributed by atoms with van der Waals surface area (Å²) in [6, 6.07) is 11.0. The maximum atomic E-state index is 13.0. The Bertz CT molecular complexity index is 834. The van der Waals surface area contributed by atoms with Crippen LogP contribution in [0.3, 0.4) is 0 Å². The summed E-state index contributed by atoms with van der Waals surface area (Å²) in [5, 5.41) is 0. The Labute approximate surface area is 167 Å². The molecular weight excluding hydrogens is 384 g/mol. The Hall–Kier alpha value is -2.31. The number of carbonyl (C=O) groups excluding carboxylic acids is 2. The molecule has 142 valence electrons. The van der Waals surface area contributed by atoms with Gasteiger partial charge >= 0.3 is 0 Å². The van der Waals surface area contributed by atoms with Crippen LogP contribution in [0.25, 0.3) is 0 Å². The van der Waals surface area contributed by atoms with Crippen molar-refractivity contribution in [2.75, 3.05) is 25.1 Å². The maximum absolute atomic E-state index is 13.0. The van der Waals surface area contributed by atoms with Crippen molar-refractivity contribution in [1.82, 2.24) is 4.90 Å². The molecule has 0 aliphatic carbocycles. The first kappa shape index (κ1) is 19.5. The summed E-state index contributed by atoms with van der Waals surface area (Å²) in [5.41, 5.74) is 0.774. The van der Waals surface area contributed by atoms with Gasteiger partial charge in [-0.1, -0.05) is 17.7 Å². The molecule has 1 aliphatic heterocycles. The molecule has 0 saturated carbocycles. The maximum Gasteiger partial charge on any atom is 0.228 e. The molecule has 1 fully saturated rings. The second kappa shape index (κ2) is 8.59. The lowest BCUT2D eigenvalue weighted by Crippen LogP contribution is -2.37. The van der Waals surface area contributed by atoms with Gasteiger partial charge in [0.15, 0.2) is 0 Å². The van der Waals surface area contributed by atoms with Crippen molar-refractivity contribution in [3.05, 3.63) is 58.3 Å². The molecule has 7 heteroatoms. The summed E-state index contributed by atoms with van der Waals surface area (Å²) in [4.78, 5) is 29.9. The van der Waals surface area contributed by atoms with Gasteiger partial charge in [-0.2, -0.15) is 0 Å². The average molecular weight is 405 g/mol. The molecule has 1 saturated heterocycles. The third-order valence-electron chi connectivity index (χ3n) is 4.50. The van der Waals surface area contributed by atoms with E-state index in [9.17, 15) is 9.59 Å². The van der Waals surface area contributed by atoms with E-state index in [0.717, 1.165) is 16.3 Å². The van der Waals surface area contributed by atoms with Gasteiger partial charge in [0, 0.05) is 30.1 Å². The SMILES string of the molecule is C=CCN(Cc1ccc(Cl)s1)C(=O)C1CC(=O)N(c2ccc(OC)cc2)C1. The van der Waals surface area contributed by atoms with Crippen molar-refractivity contribution < 1.29 is 14.3 Å². The minimum atomic E-state index is -0.366. The molecule has 2 amide bonds. The molecule has 2 heterocycles. The minimum Gasteiger partial charge on any atom is -0.497 e. The number of nitrogens with zero attached hydrogens (tertiary/aromatic N) is 2. The first-order valence-electron chi connectivity index (χ1n) is 8.60. The molecule has 1 aliphatic rings. The number of halogens is 1. The number of hydrogen-bond donors (Lipinski definition) is 0. The fourth-order valence-electron chi connectivity index (χ4n) is 3.16. The highest BCUT2D eigenvalue weighted by atomic mass is 35.5. The first-order valence-corrected chi connectivity index (χ1v) is 9.79. The second-order valence-corrected chi connectivity index (χ2v) is 8.12. The van der Waals surface area contributed by atoms with Crippen LogP contribution in [0.5, 0.6) is 5.75 Å². The van der Waals surface area contributed by atoms with Crippen LogP contribution in [0.1, 0.15) is 11.3 Å². The van der Waals surface area contributed by atoms with Gasteiger partial charge < -0.3 is 14.5 Å². The number of ether oxygens (including phenoxy) is 1. The summed E-state index contributed by atoms with van der Waals surface area (Å²) < 4.78 is 5.84. The van der Waals surface area contributed by atoms with E-state index in [2.05, 4.69) is 6.58 Å². The number of benzene rings is 1. The molecule has 1 aromatic carbocycles. The highest BCUT2D eigenvalue weighted by Crippen LogP contribution is 2.29. The predicted molar refractivity (Wildman–Crippen MR) is 108 cm³/mol. The van der Waals surface area contributed by atoms with Gasteiger partial charge in [-0.3, -0.25) is 9.59 Å². The Balaban J connectivity index is 1.71. The predicted octanol–water partition coefficient (Wildman–Crippen LogP) is 3.98. The molecule has 0 radical (unpaired) electrons. The van der Waals surface area contributed by atoms with Gasteiger partial charge in [0.25, 0.3) is 0 Å². The van der Waals surface area contributed by atoms with Gasteiger partial charge in [-0.25, -0.2) is 0 Å². The van der Waals surface area contributed by atoms with Crippen LogP contribution in [0, 0.1) is 5.92 Å². The standard InChI is InChI=1S/C20H21ClN2O3S/c1-3-10-22(13-17-8-9-18(21)27-17)20(25)14-11-19(24)23(12-14)15-4-6-16(26-2)7-5-15/h3-9,14H,1,10-13H2,2H3. The summed E-state index contributed by atoms with van der Waals surface area (Å²) in [6.45, 7) is 5.02. The Morgan fingerprint density at radius 2 is 2.11 bits per heavy atom. The lowest BCUT2D eigenvalue weighted by atomic mass is 10.1. The fourth-order valence-corrected chi connectivity index (χ4v) is 4.26. The van der Waals surface area contributed by atoms with Gasteiger partial charge in [-0.05, 0) is 36.4 Å². The van der Waals surface area contributed by atoms with E-state index in [-0.39, 0.29) is 24.2 Å². The monoisotopic (exact) mass is 404 g/mol. The summed E-state index contributed by atoms with van der Waals surface area (Å²) >= 11 is 7.44. The molecular formula is C20H21ClN2O3S. The second-order valence-electron chi connectivity index (χ2n) is 6.32.